The molecule has 1 aromatic carbocycles. The lowest BCUT2D eigenvalue weighted by molar-refractivity contribution is -0.384. The van der Waals surface area contributed by atoms with Crippen LogP contribution in [0.4, 0.5) is 11.4 Å². The minimum absolute atomic E-state index is 0.0504. The third kappa shape index (κ3) is 2.84. The number of nitrogens with one attached hydrogen (secondary N) is 1. The van der Waals surface area contributed by atoms with E-state index in [2.05, 4.69) is 5.32 Å². The Morgan fingerprint density at radius 1 is 1.38 bits per heavy atom. The van der Waals surface area contributed by atoms with Crippen molar-refractivity contribution in [2.24, 2.45) is 5.92 Å². The maximum Gasteiger partial charge on any atom is 0.293 e. The van der Waals surface area contributed by atoms with Gasteiger partial charge in [0.25, 0.3) is 11.6 Å². The Labute approximate surface area is 123 Å². The van der Waals surface area contributed by atoms with Gasteiger partial charge in [-0.3, -0.25) is 14.9 Å². The topological polar surface area (TPSA) is 75.5 Å². The molecule has 3 rings (SSSR count). The van der Waals surface area contributed by atoms with Crippen LogP contribution in [-0.2, 0) is 0 Å². The first-order valence-corrected chi connectivity index (χ1v) is 7.38. The molecule has 0 aliphatic heterocycles. The standard InChI is InChI=1S/C15H19N3O3/c1-16-14-12(3-2-4-13(14)18(20)21)15(19)17(11-7-8-11)9-10-5-6-10/h2-4,10-11,16H,5-9H2,1H3. The Balaban J connectivity index is 1.91. The van der Waals surface area contributed by atoms with Crippen LogP contribution in [0.25, 0.3) is 0 Å². The maximum absolute atomic E-state index is 12.8. The number of hydrogen-bond acceptors (Lipinski definition) is 4. The highest BCUT2D eigenvalue weighted by atomic mass is 16.6. The van der Waals surface area contributed by atoms with E-state index in [1.54, 1.807) is 19.2 Å². The number of nitro benzene ring substituents is 1. The molecule has 1 aromatic rings. The quantitative estimate of drug-likeness (QED) is 0.645. The molecule has 0 radical (unpaired) electrons. The van der Waals surface area contributed by atoms with Gasteiger partial charge in [-0.15, -0.1) is 0 Å². The molecular formula is C15H19N3O3. The number of carbonyl (C=O) groups excluding carboxylic acids is 1. The molecule has 0 unspecified atom stereocenters. The van der Waals surface area contributed by atoms with E-state index in [4.69, 9.17) is 0 Å². The number of carbonyl (C=O) groups is 1. The van der Waals surface area contributed by atoms with E-state index in [0.717, 1.165) is 19.4 Å². The predicted octanol–water partition coefficient (Wildman–Crippen LogP) is 2.65. The van der Waals surface area contributed by atoms with Crippen molar-refractivity contribution in [3.05, 3.63) is 33.9 Å². The van der Waals surface area contributed by atoms with Gasteiger partial charge in [0, 0.05) is 25.7 Å². The summed E-state index contributed by atoms with van der Waals surface area (Å²) in [7, 11) is 1.61. The highest BCUT2D eigenvalue weighted by Gasteiger charge is 2.38. The lowest BCUT2D eigenvalue weighted by atomic mass is 10.1. The van der Waals surface area contributed by atoms with Crippen molar-refractivity contribution in [3.8, 4) is 0 Å². The van der Waals surface area contributed by atoms with E-state index in [1.807, 2.05) is 4.90 Å². The van der Waals surface area contributed by atoms with Crippen molar-refractivity contribution >= 4 is 17.3 Å². The molecule has 2 fully saturated rings. The number of hydrogen-bond donors (Lipinski definition) is 1. The number of amides is 1. The molecule has 0 aromatic heterocycles. The van der Waals surface area contributed by atoms with Crippen LogP contribution < -0.4 is 5.32 Å². The van der Waals surface area contributed by atoms with Crippen molar-refractivity contribution in [2.45, 2.75) is 31.7 Å². The van der Waals surface area contributed by atoms with Gasteiger partial charge in [-0.25, -0.2) is 0 Å². The number of nitrogens with zero attached hydrogens (tertiary/aromatic N) is 2. The second-order valence-corrected chi connectivity index (χ2v) is 5.84. The van der Waals surface area contributed by atoms with Crippen molar-refractivity contribution in [1.29, 1.82) is 0 Å². The highest BCUT2D eigenvalue weighted by Crippen LogP contribution is 2.37. The zero-order valence-electron chi connectivity index (χ0n) is 12.0. The number of nitro groups is 1. The zero-order valence-corrected chi connectivity index (χ0v) is 12.0. The van der Waals surface area contributed by atoms with Gasteiger partial charge in [-0.05, 0) is 37.7 Å². The Kier molecular flexibility index (Phi) is 3.53. The average molecular weight is 289 g/mol. The first-order chi connectivity index (χ1) is 10.1. The summed E-state index contributed by atoms with van der Waals surface area (Å²) in [5.74, 6) is 0.531. The van der Waals surface area contributed by atoms with Crippen molar-refractivity contribution in [2.75, 3.05) is 18.9 Å². The van der Waals surface area contributed by atoms with Crippen molar-refractivity contribution in [1.82, 2.24) is 4.90 Å². The van der Waals surface area contributed by atoms with Gasteiger partial charge in [-0.2, -0.15) is 0 Å². The van der Waals surface area contributed by atoms with Crippen LogP contribution in [-0.4, -0.2) is 35.4 Å². The monoisotopic (exact) mass is 289 g/mol. The van der Waals surface area contributed by atoms with Crippen molar-refractivity contribution < 1.29 is 9.72 Å². The molecule has 112 valence electrons. The summed E-state index contributed by atoms with van der Waals surface area (Å²) < 4.78 is 0. The van der Waals surface area contributed by atoms with Crippen LogP contribution in [0.2, 0.25) is 0 Å². The molecule has 21 heavy (non-hydrogen) atoms. The Hall–Kier alpha value is -2.11. The fraction of sp³-hybridized carbons (Fsp3) is 0.533. The Morgan fingerprint density at radius 3 is 2.62 bits per heavy atom. The average Bonchev–Trinajstić information content (AvgIpc) is 3.36. The summed E-state index contributed by atoms with van der Waals surface area (Å²) in [6.45, 7) is 0.787. The molecule has 2 aliphatic rings. The summed E-state index contributed by atoms with van der Waals surface area (Å²) in [6, 6.07) is 4.99. The fourth-order valence-corrected chi connectivity index (χ4v) is 2.65. The largest absolute Gasteiger partial charge is 0.382 e. The first-order valence-electron chi connectivity index (χ1n) is 7.38. The Bertz CT molecular complexity index is 580. The second-order valence-electron chi connectivity index (χ2n) is 5.84. The highest BCUT2D eigenvalue weighted by molar-refractivity contribution is 6.02. The van der Waals surface area contributed by atoms with Gasteiger partial charge >= 0.3 is 0 Å². The molecule has 1 N–H and O–H groups in total. The third-order valence-electron chi connectivity index (χ3n) is 4.12. The van der Waals surface area contributed by atoms with E-state index < -0.39 is 4.92 Å². The molecule has 6 heteroatoms. The lowest BCUT2D eigenvalue weighted by Crippen LogP contribution is -2.35. The lowest BCUT2D eigenvalue weighted by Gasteiger charge is -2.23. The van der Waals surface area contributed by atoms with E-state index in [1.165, 1.54) is 18.9 Å². The van der Waals surface area contributed by atoms with Crippen LogP contribution in [0.3, 0.4) is 0 Å². The summed E-state index contributed by atoms with van der Waals surface area (Å²) in [4.78, 5) is 25.4. The molecule has 6 nitrogen and oxygen atoms in total. The summed E-state index contributed by atoms with van der Waals surface area (Å²) in [6.07, 6.45) is 4.46. The zero-order chi connectivity index (χ0) is 15.0. The molecule has 0 heterocycles. The van der Waals surface area contributed by atoms with Gasteiger partial charge in [0.15, 0.2) is 0 Å². The normalized spacial score (nSPS) is 17.4. The SMILES string of the molecule is CNc1c(C(=O)N(CC2CC2)C2CC2)cccc1[N+](=O)[O-]. The minimum Gasteiger partial charge on any atom is -0.382 e. The minimum atomic E-state index is -0.453. The smallest absolute Gasteiger partial charge is 0.293 e. The maximum atomic E-state index is 12.8. The van der Waals surface area contributed by atoms with Gasteiger partial charge in [0.05, 0.1) is 10.5 Å². The summed E-state index contributed by atoms with van der Waals surface area (Å²) in [5, 5.41) is 13.9. The fourth-order valence-electron chi connectivity index (χ4n) is 2.65. The second kappa shape index (κ2) is 5.35. The molecule has 0 spiro atoms. The summed E-state index contributed by atoms with van der Waals surface area (Å²) >= 11 is 0. The number of benzene rings is 1. The molecular weight excluding hydrogens is 270 g/mol. The van der Waals surface area contributed by atoms with E-state index >= 15 is 0 Å². The number of rotatable bonds is 6. The van der Waals surface area contributed by atoms with Gasteiger partial charge in [-0.1, -0.05) is 6.07 Å². The van der Waals surface area contributed by atoms with Crippen LogP contribution in [0.5, 0.6) is 0 Å². The summed E-state index contributed by atoms with van der Waals surface area (Å²) in [5.41, 5.74) is 0.665. The van der Waals surface area contributed by atoms with Gasteiger partial charge in [0.1, 0.15) is 5.69 Å². The third-order valence-corrected chi connectivity index (χ3v) is 4.12. The van der Waals surface area contributed by atoms with Crippen LogP contribution in [0.15, 0.2) is 18.2 Å². The predicted molar refractivity (Wildman–Crippen MR) is 79.4 cm³/mol. The Morgan fingerprint density at radius 2 is 2.10 bits per heavy atom. The van der Waals surface area contributed by atoms with Crippen LogP contribution in [0.1, 0.15) is 36.0 Å². The number of para-hydroxylation sites is 1. The molecule has 0 saturated heterocycles. The van der Waals surface area contributed by atoms with Gasteiger partial charge in [0.2, 0.25) is 0 Å². The molecule has 0 atom stereocenters. The molecule has 2 aliphatic carbocycles. The van der Waals surface area contributed by atoms with E-state index in [9.17, 15) is 14.9 Å². The molecule has 2 saturated carbocycles. The van der Waals surface area contributed by atoms with Crippen LogP contribution in [0, 0.1) is 16.0 Å². The van der Waals surface area contributed by atoms with Crippen LogP contribution >= 0.6 is 0 Å². The first kappa shape index (κ1) is 13.9. The molecule has 1 amide bonds. The van der Waals surface area contributed by atoms with E-state index in [0.29, 0.717) is 23.2 Å². The number of anilines is 1. The van der Waals surface area contributed by atoms with Gasteiger partial charge < -0.3 is 10.2 Å². The van der Waals surface area contributed by atoms with Crippen molar-refractivity contribution in [3.63, 3.8) is 0 Å². The van der Waals surface area contributed by atoms with E-state index in [-0.39, 0.29) is 11.6 Å². The molecule has 0 bridgehead atoms.